The summed E-state index contributed by atoms with van der Waals surface area (Å²) in [6.45, 7) is 4.93. The Balaban J connectivity index is 1.65. The summed E-state index contributed by atoms with van der Waals surface area (Å²) in [4.78, 5) is 12.8. The Morgan fingerprint density at radius 1 is 1.10 bits per heavy atom. The van der Waals surface area contributed by atoms with Gasteiger partial charge in [0, 0.05) is 58.6 Å². The van der Waals surface area contributed by atoms with Crippen LogP contribution in [-0.4, -0.2) is 61.4 Å². The van der Waals surface area contributed by atoms with Crippen molar-refractivity contribution in [1.29, 1.82) is 0 Å². The van der Waals surface area contributed by atoms with E-state index in [0.29, 0.717) is 18.6 Å². The van der Waals surface area contributed by atoms with E-state index < -0.39 is 15.3 Å². The molecule has 0 unspecified atom stereocenters. The second-order valence-corrected chi connectivity index (χ2v) is 13.3. The van der Waals surface area contributed by atoms with Crippen LogP contribution in [0.3, 0.4) is 0 Å². The molecule has 5 rings (SSSR count). The van der Waals surface area contributed by atoms with Crippen LogP contribution in [-0.2, 0) is 20.0 Å². The van der Waals surface area contributed by atoms with Gasteiger partial charge in [0.15, 0.2) is 0 Å². The van der Waals surface area contributed by atoms with Crippen molar-refractivity contribution in [3.8, 4) is 16.8 Å². The molecule has 0 radical (unpaired) electrons. The van der Waals surface area contributed by atoms with Gasteiger partial charge in [0.25, 0.3) is 5.91 Å². The number of hydrogen-bond acceptors (Lipinski definition) is 5. The Morgan fingerprint density at radius 2 is 1.80 bits per heavy atom. The summed E-state index contributed by atoms with van der Waals surface area (Å²) in [6, 6.07) is 17.9. The average molecular weight is 577 g/mol. The quantitative estimate of drug-likeness (QED) is 0.217. The molecule has 0 spiro atoms. The first-order valence-corrected chi connectivity index (χ1v) is 15.4. The summed E-state index contributed by atoms with van der Waals surface area (Å²) in [5.41, 5.74) is 5.52. The maximum Gasteiger partial charge on any atom is 0.251 e. The van der Waals surface area contributed by atoms with Gasteiger partial charge in [-0.1, -0.05) is 26.0 Å². The third kappa shape index (κ3) is 5.89. The topological polar surface area (TPSA) is 106 Å². The predicted octanol–water partition coefficient (Wildman–Crippen LogP) is 5.40. The van der Waals surface area contributed by atoms with Crippen molar-refractivity contribution < 1.29 is 22.3 Å². The van der Waals surface area contributed by atoms with Crippen molar-refractivity contribution in [1.82, 2.24) is 20.1 Å². The molecule has 2 N–H and O–H groups in total. The second-order valence-electron chi connectivity index (χ2n) is 11.0. The molecule has 3 aromatic carbocycles. The molecule has 0 atom stereocenters. The van der Waals surface area contributed by atoms with Gasteiger partial charge in [0.1, 0.15) is 15.7 Å². The highest BCUT2D eigenvalue weighted by atomic mass is 32.2. The molecule has 0 bridgehead atoms. The summed E-state index contributed by atoms with van der Waals surface area (Å²) in [6.07, 6.45) is 3.31. The van der Waals surface area contributed by atoms with Crippen LogP contribution in [0, 0.1) is 5.82 Å². The molecule has 214 valence electrons. The number of aromatic amines is 1. The van der Waals surface area contributed by atoms with Crippen LogP contribution in [0.4, 0.5) is 4.39 Å². The van der Waals surface area contributed by atoms with Gasteiger partial charge >= 0.3 is 0 Å². The molecule has 2 heterocycles. The molecule has 0 saturated carbocycles. The van der Waals surface area contributed by atoms with E-state index in [2.05, 4.69) is 46.1 Å². The minimum Gasteiger partial charge on any atom is -0.384 e. The lowest BCUT2D eigenvalue weighted by molar-refractivity contribution is 0.0953. The van der Waals surface area contributed by atoms with E-state index in [0.717, 1.165) is 44.3 Å². The molecule has 0 saturated heterocycles. The van der Waals surface area contributed by atoms with Gasteiger partial charge in [0.2, 0.25) is 0 Å². The lowest BCUT2D eigenvalue weighted by Crippen LogP contribution is -2.27. The van der Waals surface area contributed by atoms with Crippen LogP contribution < -0.4 is 5.32 Å². The van der Waals surface area contributed by atoms with E-state index in [4.69, 9.17) is 4.74 Å². The molecule has 0 aliphatic rings. The van der Waals surface area contributed by atoms with Crippen LogP contribution in [0.2, 0.25) is 0 Å². The third-order valence-corrected chi connectivity index (χ3v) is 8.20. The smallest absolute Gasteiger partial charge is 0.251 e. The number of fused-ring (bicyclic) bond motifs is 2. The number of hydrogen-bond donors (Lipinski definition) is 2. The molecular weight excluding hydrogens is 543 g/mol. The molecule has 8 nitrogen and oxygen atoms in total. The van der Waals surface area contributed by atoms with Crippen LogP contribution >= 0.6 is 0 Å². The number of amides is 1. The molecule has 5 aromatic rings. The van der Waals surface area contributed by atoms with Crippen molar-refractivity contribution in [3.05, 3.63) is 83.9 Å². The van der Waals surface area contributed by atoms with Gasteiger partial charge in [0.05, 0.1) is 29.6 Å². The molecule has 10 heteroatoms. The van der Waals surface area contributed by atoms with E-state index in [9.17, 15) is 17.6 Å². The fourth-order valence-electron chi connectivity index (χ4n) is 5.37. The van der Waals surface area contributed by atoms with Crippen molar-refractivity contribution >= 4 is 37.6 Å². The fourth-order valence-corrected chi connectivity index (χ4v) is 6.04. The highest BCUT2D eigenvalue weighted by Crippen LogP contribution is 2.44. The van der Waals surface area contributed by atoms with Gasteiger partial charge < -0.3 is 14.6 Å². The number of methoxy groups -OCH3 is 1. The SMILES string of the molecule is COCC(C)(C)c1c(-c2ccc(C(=O)NCCCS(C)(=O)=O)cc2)c2cc3[nH]ncc3cc2n1-c1ccc(F)cc1. The van der Waals surface area contributed by atoms with E-state index in [1.165, 1.54) is 18.4 Å². The van der Waals surface area contributed by atoms with Gasteiger partial charge in [-0.25, -0.2) is 12.8 Å². The summed E-state index contributed by atoms with van der Waals surface area (Å²) in [7, 11) is -1.41. The lowest BCUT2D eigenvalue weighted by Gasteiger charge is -2.28. The second kappa shape index (κ2) is 11.1. The molecule has 2 aromatic heterocycles. The number of nitrogens with zero attached hydrogens (tertiary/aromatic N) is 2. The number of rotatable bonds is 10. The molecular formula is C31H33FN4O4S. The highest BCUT2D eigenvalue weighted by molar-refractivity contribution is 7.90. The average Bonchev–Trinajstić information content (AvgIpc) is 3.52. The minimum atomic E-state index is -3.08. The van der Waals surface area contributed by atoms with Crippen molar-refractivity contribution in [3.63, 3.8) is 0 Å². The number of halogens is 1. The first-order valence-electron chi connectivity index (χ1n) is 13.3. The van der Waals surface area contributed by atoms with Crippen LogP contribution in [0.15, 0.2) is 66.9 Å². The minimum absolute atomic E-state index is 0.0218. The highest BCUT2D eigenvalue weighted by Gasteiger charge is 2.32. The van der Waals surface area contributed by atoms with Crippen molar-refractivity contribution in [2.24, 2.45) is 0 Å². The fraction of sp³-hybridized carbons (Fsp3) is 0.290. The zero-order valence-corrected chi connectivity index (χ0v) is 24.3. The van der Waals surface area contributed by atoms with Gasteiger partial charge in [-0.05, 0) is 60.5 Å². The number of ether oxygens (including phenoxy) is 1. The van der Waals surface area contributed by atoms with E-state index in [-0.39, 0.29) is 24.0 Å². The van der Waals surface area contributed by atoms with E-state index in [1.54, 1.807) is 37.6 Å². The molecule has 1 amide bonds. The number of carbonyl (C=O) groups excluding carboxylic acids is 1. The van der Waals surface area contributed by atoms with Crippen LogP contribution in [0.25, 0.3) is 38.6 Å². The third-order valence-electron chi connectivity index (χ3n) is 7.17. The summed E-state index contributed by atoms with van der Waals surface area (Å²) >= 11 is 0. The Morgan fingerprint density at radius 3 is 2.46 bits per heavy atom. The number of carbonyl (C=O) groups is 1. The van der Waals surface area contributed by atoms with E-state index >= 15 is 0 Å². The Hall–Kier alpha value is -4.02. The zero-order valence-electron chi connectivity index (χ0n) is 23.5. The maximum absolute atomic E-state index is 14.0. The number of aromatic nitrogens is 3. The number of benzene rings is 3. The van der Waals surface area contributed by atoms with Gasteiger partial charge in [-0.3, -0.25) is 9.89 Å². The molecule has 0 aliphatic carbocycles. The first-order chi connectivity index (χ1) is 19.5. The first kappa shape index (κ1) is 28.5. The summed E-state index contributed by atoms with van der Waals surface area (Å²) in [5.74, 6) is -0.558. The maximum atomic E-state index is 14.0. The number of H-pyrrole nitrogens is 1. The predicted molar refractivity (Wildman–Crippen MR) is 160 cm³/mol. The Labute approximate surface area is 238 Å². The Kier molecular flexibility index (Phi) is 7.72. The summed E-state index contributed by atoms with van der Waals surface area (Å²) in [5, 5.41) is 12.0. The number of sulfone groups is 1. The normalized spacial score (nSPS) is 12.3. The monoisotopic (exact) mass is 576 g/mol. The standard InChI is InChI=1S/C31H33FN4O4S/c1-31(2,19-40-3)29-28(20-6-8-21(9-7-20)30(37)33-14-5-15-41(4,38)39)25-17-26-22(18-34-35-26)16-27(25)36(29)24-12-10-23(32)11-13-24/h6-13,16-18H,5,14-15,19H2,1-4H3,(H,33,37)(H,34,35). The lowest BCUT2D eigenvalue weighted by atomic mass is 9.84. The van der Waals surface area contributed by atoms with Crippen molar-refractivity contribution in [2.45, 2.75) is 25.7 Å². The largest absolute Gasteiger partial charge is 0.384 e. The number of nitrogens with one attached hydrogen (secondary N) is 2. The van der Waals surface area contributed by atoms with E-state index in [1.807, 2.05) is 12.1 Å². The molecule has 41 heavy (non-hydrogen) atoms. The molecule has 0 aliphatic heterocycles. The van der Waals surface area contributed by atoms with Crippen LogP contribution in [0.1, 0.15) is 36.3 Å². The van der Waals surface area contributed by atoms with Gasteiger partial charge in [-0.2, -0.15) is 5.10 Å². The van der Waals surface area contributed by atoms with Crippen molar-refractivity contribution in [2.75, 3.05) is 32.3 Å². The Bertz CT molecular complexity index is 1820. The molecule has 0 fully saturated rings. The zero-order chi connectivity index (χ0) is 29.4. The van der Waals surface area contributed by atoms with Crippen LogP contribution in [0.5, 0.6) is 0 Å². The van der Waals surface area contributed by atoms with Gasteiger partial charge in [-0.15, -0.1) is 0 Å². The summed E-state index contributed by atoms with van der Waals surface area (Å²) < 4.78 is 44.5.